The Balaban J connectivity index is 2.17. The summed E-state index contributed by atoms with van der Waals surface area (Å²) in [5, 5.41) is 11.2. The van der Waals surface area contributed by atoms with Gasteiger partial charge in [0.2, 0.25) is 0 Å². The minimum Gasteiger partial charge on any atom is -0.487 e. The van der Waals surface area contributed by atoms with Crippen LogP contribution in [0.1, 0.15) is 16.8 Å². The van der Waals surface area contributed by atoms with Crippen LogP contribution in [-0.2, 0) is 11.9 Å². The van der Waals surface area contributed by atoms with E-state index in [0.29, 0.717) is 17.7 Å². The summed E-state index contributed by atoms with van der Waals surface area (Å²) in [7, 11) is 0. The van der Waals surface area contributed by atoms with E-state index in [-0.39, 0.29) is 5.69 Å². The number of aromatic nitrogens is 1. The molecular formula is C14H13BrN2O3. The summed E-state index contributed by atoms with van der Waals surface area (Å²) in [5.74, 6) is 0.623. The number of aryl methyl sites for hydroxylation is 1. The van der Waals surface area contributed by atoms with Crippen LogP contribution in [0.4, 0.5) is 5.69 Å². The number of hydrogen-bond donors (Lipinski definition) is 0. The van der Waals surface area contributed by atoms with Gasteiger partial charge in [-0.3, -0.25) is 15.1 Å². The Hall–Kier alpha value is -1.95. The summed E-state index contributed by atoms with van der Waals surface area (Å²) in [5.41, 5.74) is 2.70. The Labute approximate surface area is 124 Å². The minimum absolute atomic E-state index is 0.0563. The van der Waals surface area contributed by atoms with E-state index in [2.05, 4.69) is 20.9 Å². The first-order valence-electron chi connectivity index (χ1n) is 5.98. The van der Waals surface area contributed by atoms with Crippen LogP contribution in [0.3, 0.4) is 0 Å². The third-order valence-electron chi connectivity index (χ3n) is 2.88. The van der Waals surface area contributed by atoms with Crippen LogP contribution >= 0.6 is 15.9 Å². The molecule has 5 nitrogen and oxygen atoms in total. The summed E-state index contributed by atoms with van der Waals surface area (Å²) < 4.78 is 5.71. The number of pyridine rings is 1. The van der Waals surface area contributed by atoms with Crippen molar-refractivity contribution in [2.45, 2.75) is 18.9 Å². The molecule has 0 spiro atoms. The molecule has 20 heavy (non-hydrogen) atoms. The van der Waals surface area contributed by atoms with Crippen LogP contribution in [0.2, 0.25) is 0 Å². The lowest BCUT2D eigenvalue weighted by molar-refractivity contribution is -0.384. The van der Waals surface area contributed by atoms with Crippen LogP contribution in [0.15, 0.2) is 36.5 Å². The predicted molar refractivity (Wildman–Crippen MR) is 79.0 cm³/mol. The third-order valence-corrected chi connectivity index (χ3v) is 3.49. The lowest BCUT2D eigenvalue weighted by atomic mass is 10.2. The molecule has 2 rings (SSSR count). The molecular weight excluding hydrogens is 324 g/mol. The zero-order valence-corrected chi connectivity index (χ0v) is 12.5. The van der Waals surface area contributed by atoms with Gasteiger partial charge in [-0.25, -0.2) is 0 Å². The van der Waals surface area contributed by atoms with Crippen molar-refractivity contribution >= 4 is 21.6 Å². The topological polar surface area (TPSA) is 65.3 Å². The molecule has 0 saturated carbocycles. The van der Waals surface area contributed by atoms with Crippen molar-refractivity contribution in [3.63, 3.8) is 0 Å². The maximum atomic E-state index is 10.7. The highest BCUT2D eigenvalue weighted by Gasteiger charge is 2.11. The molecule has 0 saturated heterocycles. The first-order valence-corrected chi connectivity index (χ1v) is 7.10. The molecule has 0 radical (unpaired) electrons. The van der Waals surface area contributed by atoms with Crippen molar-refractivity contribution in [2.24, 2.45) is 0 Å². The molecule has 1 heterocycles. The standard InChI is InChI=1S/C14H13BrN2O3/c1-10-3-2-6-16-13(10)9-20-14-5-4-12(17(18)19)7-11(14)8-15/h2-7H,8-9H2,1H3. The number of benzene rings is 1. The molecule has 0 unspecified atom stereocenters. The van der Waals surface area contributed by atoms with E-state index in [4.69, 9.17) is 4.74 Å². The molecule has 0 bridgehead atoms. The Kier molecular flexibility index (Phi) is 4.68. The van der Waals surface area contributed by atoms with Gasteiger partial charge >= 0.3 is 0 Å². The van der Waals surface area contributed by atoms with E-state index in [1.165, 1.54) is 12.1 Å². The molecule has 6 heteroatoms. The SMILES string of the molecule is Cc1cccnc1COc1ccc([N+](=O)[O-])cc1CBr. The average Bonchev–Trinajstić information content (AvgIpc) is 2.46. The Morgan fingerprint density at radius 2 is 2.20 bits per heavy atom. The van der Waals surface area contributed by atoms with Crippen LogP contribution in [0.25, 0.3) is 0 Å². The Bertz CT molecular complexity index is 632. The summed E-state index contributed by atoms with van der Waals surface area (Å²) in [4.78, 5) is 14.6. The van der Waals surface area contributed by atoms with Gasteiger partial charge in [-0.2, -0.15) is 0 Å². The number of alkyl halides is 1. The molecule has 2 aromatic rings. The van der Waals surface area contributed by atoms with Crippen LogP contribution in [-0.4, -0.2) is 9.91 Å². The van der Waals surface area contributed by atoms with Gasteiger partial charge in [0.1, 0.15) is 12.4 Å². The third kappa shape index (κ3) is 3.33. The zero-order valence-electron chi connectivity index (χ0n) is 10.9. The fourth-order valence-electron chi connectivity index (χ4n) is 1.74. The second-order valence-electron chi connectivity index (χ2n) is 4.24. The van der Waals surface area contributed by atoms with Gasteiger partial charge < -0.3 is 4.74 Å². The normalized spacial score (nSPS) is 10.3. The molecule has 0 atom stereocenters. The minimum atomic E-state index is -0.418. The molecule has 0 N–H and O–H groups in total. The van der Waals surface area contributed by atoms with Crippen molar-refractivity contribution in [3.05, 3.63) is 63.5 Å². The molecule has 1 aromatic carbocycles. The number of nitro benzene ring substituents is 1. The molecule has 0 aliphatic rings. The van der Waals surface area contributed by atoms with Crippen molar-refractivity contribution in [3.8, 4) is 5.75 Å². The molecule has 0 amide bonds. The van der Waals surface area contributed by atoms with Crippen molar-refractivity contribution in [2.75, 3.05) is 0 Å². The predicted octanol–water partition coefficient (Wildman–Crippen LogP) is 3.77. The fourth-order valence-corrected chi connectivity index (χ4v) is 2.18. The maximum Gasteiger partial charge on any atom is 0.270 e. The first kappa shape index (κ1) is 14.5. The second-order valence-corrected chi connectivity index (χ2v) is 4.80. The van der Waals surface area contributed by atoms with Gasteiger partial charge in [0, 0.05) is 29.2 Å². The Morgan fingerprint density at radius 1 is 1.40 bits per heavy atom. The molecule has 1 aromatic heterocycles. The highest BCUT2D eigenvalue weighted by atomic mass is 79.9. The zero-order chi connectivity index (χ0) is 14.5. The smallest absolute Gasteiger partial charge is 0.270 e. The molecule has 0 fully saturated rings. The maximum absolute atomic E-state index is 10.7. The van der Waals surface area contributed by atoms with Crippen molar-refractivity contribution in [1.82, 2.24) is 4.98 Å². The van der Waals surface area contributed by atoms with Crippen molar-refractivity contribution < 1.29 is 9.66 Å². The number of nitrogens with zero attached hydrogens (tertiary/aromatic N) is 2. The molecule has 104 valence electrons. The van der Waals surface area contributed by atoms with Crippen molar-refractivity contribution in [1.29, 1.82) is 0 Å². The number of nitro groups is 1. The number of ether oxygens (including phenoxy) is 1. The van der Waals surface area contributed by atoms with Gasteiger partial charge in [-0.05, 0) is 24.6 Å². The van der Waals surface area contributed by atoms with Gasteiger partial charge in [0.25, 0.3) is 5.69 Å². The van der Waals surface area contributed by atoms with E-state index in [1.807, 2.05) is 19.1 Å². The molecule has 0 aliphatic carbocycles. The monoisotopic (exact) mass is 336 g/mol. The second kappa shape index (κ2) is 6.47. The fraction of sp³-hybridized carbons (Fsp3) is 0.214. The summed E-state index contributed by atoms with van der Waals surface area (Å²) in [6, 6.07) is 8.40. The van der Waals surface area contributed by atoms with Gasteiger partial charge in [0.15, 0.2) is 0 Å². The Morgan fingerprint density at radius 3 is 2.85 bits per heavy atom. The lowest BCUT2D eigenvalue weighted by Crippen LogP contribution is -2.02. The van der Waals surface area contributed by atoms with Crippen LogP contribution in [0.5, 0.6) is 5.75 Å². The van der Waals surface area contributed by atoms with Gasteiger partial charge in [0.05, 0.1) is 10.6 Å². The van der Waals surface area contributed by atoms with Crippen LogP contribution < -0.4 is 4.74 Å². The van der Waals surface area contributed by atoms with Crippen LogP contribution in [0, 0.1) is 17.0 Å². The highest BCUT2D eigenvalue weighted by molar-refractivity contribution is 9.08. The van der Waals surface area contributed by atoms with E-state index in [9.17, 15) is 10.1 Å². The molecule has 0 aliphatic heterocycles. The quantitative estimate of drug-likeness (QED) is 0.473. The van der Waals surface area contributed by atoms with E-state index in [0.717, 1.165) is 16.8 Å². The van der Waals surface area contributed by atoms with Gasteiger partial charge in [-0.15, -0.1) is 0 Å². The largest absolute Gasteiger partial charge is 0.487 e. The summed E-state index contributed by atoms with van der Waals surface area (Å²) >= 11 is 3.31. The highest BCUT2D eigenvalue weighted by Crippen LogP contribution is 2.27. The number of non-ortho nitro benzene ring substituents is 1. The number of halogens is 1. The van der Waals surface area contributed by atoms with E-state index < -0.39 is 4.92 Å². The first-order chi connectivity index (χ1) is 9.61. The lowest BCUT2D eigenvalue weighted by Gasteiger charge is -2.10. The average molecular weight is 337 g/mol. The summed E-state index contributed by atoms with van der Waals surface area (Å²) in [6.45, 7) is 2.30. The van der Waals surface area contributed by atoms with E-state index >= 15 is 0 Å². The van der Waals surface area contributed by atoms with E-state index in [1.54, 1.807) is 12.3 Å². The number of rotatable bonds is 5. The summed E-state index contributed by atoms with van der Waals surface area (Å²) in [6.07, 6.45) is 1.72. The number of hydrogen-bond acceptors (Lipinski definition) is 4. The van der Waals surface area contributed by atoms with Gasteiger partial charge in [-0.1, -0.05) is 22.0 Å².